The highest BCUT2D eigenvalue weighted by atomic mass is 16.5. The Bertz CT molecular complexity index is 1000. The molecule has 7 nitrogen and oxygen atoms in total. The molecular formula is C22H24N4O3. The first-order valence-electron chi connectivity index (χ1n) is 9.51. The highest BCUT2D eigenvalue weighted by molar-refractivity contribution is 6.22. The zero-order valence-electron chi connectivity index (χ0n) is 17.3. The molecule has 150 valence electrons. The second-order valence-electron chi connectivity index (χ2n) is 8.52. The van der Waals surface area contributed by atoms with Crippen LogP contribution >= 0.6 is 0 Å². The Morgan fingerprint density at radius 3 is 2.41 bits per heavy atom. The summed E-state index contributed by atoms with van der Waals surface area (Å²) in [6, 6.07) is 7.41. The zero-order valence-corrected chi connectivity index (χ0v) is 17.3. The SMILES string of the molecule is CC[C@@]1(C)CC(=O)N(c2cnc(Oc3ccc(C#N)cc3C(C)(C)C)nc2)C1=O. The Kier molecular flexibility index (Phi) is 5.14. The lowest BCUT2D eigenvalue weighted by molar-refractivity contribution is -0.125. The summed E-state index contributed by atoms with van der Waals surface area (Å²) < 4.78 is 5.85. The summed E-state index contributed by atoms with van der Waals surface area (Å²) in [5.74, 6) is 0.0687. The number of hydrogen-bond donors (Lipinski definition) is 0. The Morgan fingerprint density at radius 1 is 1.24 bits per heavy atom. The van der Waals surface area contributed by atoms with Gasteiger partial charge in [0.15, 0.2) is 0 Å². The zero-order chi connectivity index (χ0) is 21.4. The van der Waals surface area contributed by atoms with Crippen molar-refractivity contribution in [3.8, 4) is 17.8 Å². The molecule has 2 heterocycles. The number of nitriles is 1. The van der Waals surface area contributed by atoms with E-state index in [0.29, 0.717) is 23.4 Å². The predicted octanol–water partition coefficient (Wildman–Crippen LogP) is 4.12. The second-order valence-corrected chi connectivity index (χ2v) is 8.52. The molecule has 1 aliphatic heterocycles. The Morgan fingerprint density at radius 2 is 1.90 bits per heavy atom. The molecule has 0 saturated carbocycles. The molecule has 29 heavy (non-hydrogen) atoms. The smallest absolute Gasteiger partial charge is 0.322 e. The molecular weight excluding hydrogens is 368 g/mol. The lowest BCUT2D eigenvalue weighted by Crippen LogP contribution is -2.34. The lowest BCUT2D eigenvalue weighted by atomic mass is 9.85. The molecule has 0 spiro atoms. The summed E-state index contributed by atoms with van der Waals surface area (Å²) in [6.45, 7) is 9.76. The monoisotopic (exact) mass is 392 g/mol. The number of rotatable bonds is 4. The summed E-state index contributed by atoms with van der Waals surface area (Å²) >= 11 is 0. The normalized spacial score (nSPS) is 19.4. The summed E-state index contributed by atoms with van der Waals surface area (Å²) in [5.41, 5.74) is 0.800. The second kappa shape index (κ2) is 7.28. The fourth-order valence-corrected chi connectivity index (χ4v) is 3.26. The van der Waals surface area contributed by atoms with Crippen molar-refractivity contribution in [3.05, 3.63) is 41.7 Å². The van der Waals surface area contributed by atoms with E-state index < -0.39 is 5.41 Å². The first-order chi connectivity index (χ1) is 13.6. The number of nitrogens with zero attached hydrogens (tertiary/aromatic N) is 4. The number of carbonyl (C=O) groups excluding carboxylic acids is 2. The Labute approximate surface area is 170 Å². The largest absolute Gasteiger partial charge is 0.424 e. The van der Waals surface area contributed by atoms with E-state index in [0.717, 1.165) is 10.5 Å². The van der Waals surface area contributed by atoms with Crippen molar-refractivity contribution in [2.45, 2.75) is 52.9 Å². The molecule has 7 heteroatoms. The van der Waals surface area contributed by atoms with E-state index in [9.17, 15) is 9.59 Å². The van der Waals surface area contributed by atoms with Gasteiger partial charge in [-0.25, -0.2) is 14.9 Å². The van der Waals surface area contributed by atoms with Gasteiger partial charge < -0.3 is 4.74 Å². The fourth-order valence-electron chi connectivity index (χ4n) is 3.26. The first kappa shape index (κ1) is 20.5. The van der Waals surface area contributed by atoms with Crippen LogP contribution in [-0.4, -0.2) is 21.8 Å². The third-order valence-corrected chi connectivity index (χ3v) is 5.28. The molecule has 1 aliphatic rings. The molecule has 2 aromatic rings. The van der Waals surface area contributed by atoms with E-state index in [-0.39, 0.29) is 29.7 Å². The van der Waals surface area contributed by atoms with Crippen LogP contribution in [0, 0.1) is 16.7 Å². The molecule has 0 N–H and O–H groups in total. The third kappa shape index (κ3) is 3.83. The van der Waals surface area contributed by atoms with Crippen molar-refractivity contribution >= 4 is 17.5 Å². The first-order valence-corrected chi connectivity index (χ1v) is 9.51. The molecule has 1 aromatic carbocycles. The highest BCUT2D eigenvalue weighted by Gasteiger charge is 2.47. The van der Waals surface area contributed by atoms with Gasteiger partial charge in [0.05, 0.1) is 35.1 Å². The van der Waals surface area contributed by atoms with Gasteiger partial charge in [0.1, 0.15) is 5.75 Å². The number of benzene rings is 1. The van der Waals surface area contributed by atoms with Crippen LogP contribution in [-0.2, 0) is 15.0 Å². The molecule has 0 aliphatic carbocycles. The molecule has 1 aromatic heterocycles. The van der Waals surface area contributed by atoms with Crippen molar-refractivity contribution < 1.29 is 14.3 Å². The number of ether oxygens (including phenoxy) is 1. The quantitative estimate of drug-likeness (QED) is 0.726. The Hall–Kier alpha value is -3.27. The van der Waals surface area contributed by atoms with Crippen molar-refractivity contribution in [1.29, 1.82) is 5.26 Å². The van der Waals surface area contributed by atoms with Crippen LogP contribution in [0.4, 0.5) is 5.69 Å². The summed E-state index contributed by atoms with van der Waals surface area (Å²) in [7, 11) is 0. The van der Waals surface area contributed by atoms with E-state index in [1.165, 1.54) is 12.4 Å². The molecule has 1 atom stereocenters. The van der Waals surface area contributed by atoms with Crippen molar-refractivity contribution in [2.24, 2.45) is 5.41 Å². The van der Waals surface area contributed by atoms with Gasteiger partial charge in [0, 0.05) is 12.0 Å². The number of aromatic nitrogens is 2. The van der Waals surface area contributed by atoms with Gasteiger partial charge in [0.25, 0.3) is 0 Å². The number of carbonyl (C=O) groups is 2. The van der Waals surface area contributed by atoms with Crippen LogP contribution < -0.4 is 9.64 Å². The molecule has 0 unspecified atom stereocenters. The summed E-state index contributed by atoms with van der Waals surface area (Å²) in [6.07, 6.45) is 3.60. The van der Waals surface area contributed by atoms with Crippen LogP contribution in [0.1, 0.15) is 58.6 Å². The highest BCUT2D eigenvalue weighted by Crippen LogP contribution is 2.38. The van der Waals surface area contributed by atoms with E-state index in [2.05, 4.69) is 16.0 Å². The Balaban J connectivity index is 1.87. The molecule has 0 radical (unpaired) electrons. The average molecular weight is 392 g/mol. The van der Waals surface area contributed by atoms with Crippen molar-refractivity contribution in [1.82, 2.24) is 9.97 Å². The van der Waals surface area contributed by atoms with Crippen molar-refractivity contribution in [2.75, 3.05) is 4.90 Å². The maximum Gasteiger partial charge on any atom is 0.322 e. The van der Waals surface area contributed by atoms with Gasteiger partial charge in [-0.15, -0.1) is 0 Å². The molecule has 2 amide bonds. The van der Waals surface area contributed by atoms with Gasteiger partial charge >= 0.3 is 6.01 Å². The molecule has 1 saturated heterocycles. The lowest BCUT2D eigenvalue weighted by Gasteiger charge is -2.22. The van der Waals surface area contributed by atoms with E-state index in [1.807, 2.05) is 27.7 Å². The average Bonchev–Trinajstić information content (AvgIpc) is 2.91. The third-order valence-electron chi connectivity index (χ3n) is 5.28. The topological polar surface area (TPSA) is 96.2 Å². The van der Waals surface area contributed by atoms with Gasteiger partial charge in [-0.1, -0.05) is 34.6 Å². The van der Waals surface area contributed by atoms with Gasteiger partial charge in [-0.2, -0.15) is 5.26 Å². The minimum atomic E-state index is -0.684. The minimum absolute atomic E-state index is 0.0984. The van der Waals surface area contributed by atoms with Crippen LogP contribution in [0.2, 0.25) is 0 Å². The van der Waals surface area contributed by atoms with Gasteiger partial charge in [-0.05, 0) is 30.0 Å². The summed E-state index contributed by atoms with van der Waals surface area (Å²) in [5, 5.41) is 9.17. The van der Waals surface area contributed by atoms with Gasteiger partial charge in [-0.3, -0.25) is 9.59 Å². The maximum absolute atomic E-state index is 12.7. The van der Waals surface area contributed by atoms with E-state index in [1.54, 1.807) is 25.1 Å². The van der Waals surface area contributed by atoms with Gasteiger partial charge in [0.2, 0.25) is 11.8 Å². The minimum Gasteiger partial charge on any atom is -0.424 e. The molecule has 3 rings (SSSR count). The van der Waals surface area contributed by atoms with Crippen LogP contribution in [0.15, 0.2) is 30.6 Å². The van der Waals surface area contributed by atoms with Crippen LogP contribution in [0.25, 0.3) is 0 Å². The van der Waals surface area contributed by atoms with Crippen molar-refractivity contribution in [3.63, 3.8) is 0 Å². The number of imide groups is 1. The molecule has 0 bridgehead atoms. The predicted molar refractivity (Wildman–Crippen MR) is 107 cm³/mol. The van der Waals surface area contributed by atoms with E-state index in [4.69, 9.17) is 10.00 Å². The fraction of sp³-hybridized carbons (Fsp3) is 0.409. The number of amides is 2. The van der Waals surface area contributed by atoms with E-state index >= 15 is 0 Å². The summed E-state index contributed by atoms with van der Waals surface area (Å²) in [4.78, 5) is 34.5. The van der Waals surface area contributed by atoms with Crippen LogP contribution in [0.3, 0.4) is 0 Å². The number of anilines is 1. The molecule has 1 fully saturated rings. The standard InChI is InChI=1S/C22H24N4O3/c1-6-22(5)10-18(27)26(19(22)28)15-12-24-20(25-13-15)29-17-8-7-14(11-23)9-16(17)21(2,3)4/h7-9,12-13H,6,10H2,1-5H3/t22-/m0/s1. The van der Waals surface area contributed by atoms with Crippen LogP contribution in [0.5, 0.6) is 11.8 Å². The maximum atomic E-state index is 12.7. The number of hydrogen-bond acceptors (Lipinski definition) is 6.